The normalized spacial score (nSPS) is 16.5. The summed E-state index contributed by atoms with van der Waals surface area (Å²) in [5, 5.41) is 8.47. The van der Waals surface area contributed by atoms with Crippen LogP contribution in [-0.4, -0.2) is 29.9 Å². The Labute approximate surface area is 818 Å². The molecule has 4 aliphatic rings. The largest absolute Gasteiger partial charge is 0.457 e. The monoisotopic (exact) mass is 1860 g/mol. The quantitative estimate of drug-likeness (QED) is 0.107. The Morgan fingerprint density at radius 3 is 0.817 bits per heavy atom. The number of para-hydroxylation sites is 4. The number of nitrogens with zero attached hydrogens (tertiary/aromatic N) is 6. The molecule has 0 N–H and O–H groups in total. The third kappa shape index (κ3) is 13.4. The highest BCUT2D eigenvalue weighted by Crippen LogP contribution is 2.65. The fourth-order valence-electron chi connectivity index (χ4n) is 22.0. The van der Waals surface area contributed by atoms with Gasteiger partial charge in [-0.15, -0.1) is 0 Å². The Bertz CT molecular complexity index is 9110. The number of hydrogen-bond acceptors (Lipinski definition) is 12. The molecule has 0 bridgehead atoms. The minimum absolute atomic E-state index is 0.504. The lowest BCUT2D eigenvalue weighted by Crippen LogP contribution is -2.47. The highest BCUT2D eigenvalue weighted by Gasteiger charge is 2.57. The van der Waals surface area contributed by atoms with Gasteiger partial charge in [0.25, 0.3) is 0 Å². The molecule has 0 fully saturated rings. The topological polar surface area (TPSA) is 156 Å². The first-order valence-electron chi connectivity index (χ1n) is 47.5. The van der Waals surface area contributed by atoms with Crippen LogP contribution in [-0.2, 0) is 20.0 Å². The zero-order valence-corrected chi connectivity index (χ0v) is 78.0. The molecule has 4 unspecified atom stereocenters. The molecule has 4 aromatic heterocycles. The van der Waals surface area contributed by atoms with Crippen molar-refractivity contribution < 1.29 is 27.4 Å². The van der Waals surface area contributed by atoms with Crippen LogP contribution in [0.1, 0.15) is 44.5 Å². The van der Waals surface area contributed by atoms with Crippen molar-refractivity contribution >= 4 is 90.0 Å². The first-order valence-corrected chi connectivity index (χ1v) is 50.9. The summed E-state index contributed by atoms with van der Waals surface area (Å²) in [5.41, 5.74) is 22.3. The Balaban J connectivity index is 0.000000142. The van der Waals surface area contributed by atoms with Crippen molar-refractivity contribution in [1.82, 2.24) is 29.9 Å². The predicted octanol–water partition coefficient (Wildman–Crippen LogP) is 29.1. The summed E-state index contributed by atoms with van der Waals surface area (Å²) in [5.74, 6) is 5.94. The van der Waals surface area contributed by atoms with Crippen molar-refractivity contribution in [3.05, 3.63) is 530 Å². The number of aromatic nitrogens is 6. The first-order chi connectivity index (χ1) is 70.1. The van der Waals surface area contributed by atoms with E-state index in [0.717, 1.165) is 187 Å². The highest BCUT2D eigenvalue weighted by atomic mass is 31.2. The van der Waals surface area contributed by atoms with Gasteiger partial charge in [-0.25, -0.2) is 29.9 Å². The maximum atomic E-state index is 16.6. The fourth-order valence-corrected chi connectivity index (χ4v) is 28.3. The smallest absolute Gasteiger partial charge is 0.171 e. The molecule has 28 rings (SSSR count). The summed E-state index contributed by atoms with van der Waals surface area (Å²) < 4.78 is 60.6. The Morgan fingerprint density at radius 2 is 0.437 bits per heavy atom. The molecule has 0 radical (unpaired) electrons. The molecule has 0 saturated carbocycles. The van der Waals surface area contributed by atoms with Gasteiger partial charge in [0.1, 0.15) is 45.3 Å². The van der Waals surface area contributed by atoms with Crippen LogP contribution < -0.4 is 41.3 Å². The summed E-state index contributed by atoms with van der Waals surface area (Å²) >= 11 is 0. The van der Waals surface area contributed by atoms with E-state index in [4.69, 9.17) is 48.2 Å². The van der Waals surface area contributed by atoms with Gasteiger partial charge in [0.2, 0.25) is 0 Å². The van der Waals surface area contributed by atoms with Crippen molar-refractivity contribution in [1.29, 1.82) is 0 Å². The van der Waals surface area contributed by atoms with Crippen LogP contribution in [0.3, 0.4) is 0 Å². The molecule has 142 heavy (non-hydrogen) atoms. The standard InChI is InChI=1S/2C64H40N3O3P/c68-71(48-26-8-3-9-27-48)59-33-15-12-30-53(59)64(54-39-50-49-28-10-13-31-55(49)69-57(50)40-60(54)71)51-29-11-14-32-56(51)70-58-38-47(34-35-52(58)64)63-66-61(45-24-16-22-43(36-45)41-18-4-1-5-19-41)65-62(67-63)46-25-17-23-44(37-46)42-20-6-2-7-21-42;68-71(48-20-8-3-9-21-48)59-27-15-12-24-53(59)64(54-39-50-49-22-10-13-25-55(49)69-57(50)40-60(54)71)51-23-11-14-26-56(51)70-58-38-47(36-37-52(58)64)63-66-61(45-32-28-43(29-33-45)41-16-4-1-5-17-41)65-62(67-63)46-34-30-44(31-35-46)42-18-6-2-7-19-42/h2*1-40H. The molecule has 14 heteroatoms. The van der Waals surface area contributed by atoms with Gasteiger partial charge in [-0.05, 0) is 140 Å². The molecular formula is C128H80N6O6P2. The van der Waals surface area contributed by atoms with Crippen molar-refractivity contribution in [2.45, 2.75) is 10.8 Å². The van der Waals surface area contributed by atoms with Crippen molar-refractivity contribution in [2.24, 2.45) is 0 Å². The van der Waals surface area contributed by atoms with Gasteiger partial charge in [-0.3, -0.25) is 0 Å². The summed E-state index contributed by atoms with van der Waals surface area (Å²) in [6.07, 6.45) is 0. The molecule has 2 spiro atoms. The Hall–Kier alpha value is -17.9. The summed E-state index contributed by atoms with van der Waals surface area (Å²) in [7, 11) is -7.02. The Morgan fingerprint density at radius 1 is 0.169 bits per heavy atom. The zero-order chi connectivity index (χ0) is 94.2. The van der Waals surface area contributed by atoms with E-state index in [9.17, 15) is 0 Å². The maximum Gasteiger partial charge on any atom is 0.171 e. The number of hydrogen-bond donors (Lipinski definition) is 0. The SMILES string of the molecule is O=P1(c2ccccc2)c2ccccc2C2(c3ccccc3Oc3cc(-c4nc(-c5ccc(-c6ccccc6)cc5)nc(-c5ccc(-c6ccccc6)cc5)n4)ccc32)c2cc3c(cc21)oc1ccccc13.O=P1(c2ccccc2)c2ccccc2C2(c3ccccc3Oc3cc(-c4nc(-c5cccc(-c6ccccc6)c5)nc(-c5cccc(-c6ccccc6)c5)n4)ccc32)c2cc3c(cc21)oc1ccccc13. The molecule has 0 amide bonds. The van der Waals surface area contributed by atoms with E-state index in [-0.39, 0.29) is 0 Å². The second kappa shape index (κ2) is 33.5. The third-order valence-corrected chi connectivity index (χ3v) is 34.8. The number of rotatable bonds is 12. The van der Waals surface area contributed by atoms with Crippen molar-refractivity contribution in [2.75, 3.05) is 0 Å². The molecule has 4 aliphatic heterocycles. The molecule has 668 valence electrons. The fraction of sp³-hybridized carbons (Fsp3) is 0.0156. The van der Waals surface area contributed by atoms with Crippen LogP contribution >= 0.6 is 14.3 Å². The molecule has 0 saturated heterocycles. The van der Waals surface area contributed by atoms with Crippen LogP contribution in [0.15, 0.2) is 494 Å². The lowest BCUT2D eigenvalue weighted by atomic mass is 9.63. The predicted molar refractivity (Wildman–Crippen MR) is 571 cm³/mol. The van der Waals surface area contributed by atoms with Crippen molar-refractivity contribution in [3.8, 4) is 136 Å². The van der Waals surface area contributed by atoms with E-state index in [1.54, 1.807) is 0 Å². The van der Waals surface area contributed by atoms with E-state index in [1.165, 1.54) is 0 Å². The second-order valence-electron chi connectivity index (χ2n) is 36.4. The molecule has 8 heterocycles. The number of fused-ring (bicyclic) bond motifs is 22. The molecule has 20 aromatic carbocycles. The first kappa shape index (κ1) is 83.5. The molecule has 0 aliphatic carbocycles. The van der Waals surface area contributed by atoms with Crippen LogP contribution in [0.4, 0.5) is 0 Å². The van der Waals surface area contributed by atoms with Gasteiger partial charge < -0.3 is 27.4 Å². The lowest BCUT2D eigenvalue weighted by Gasteiger charge is -2.47. The average Bonchev–Trinajstić information content (AvgIpc) is 0.972. The third-order valence-electron chi connectivity index (χ3n) is 28.5. The minimum atomic E-state index is -3.51. The van der Waals surface area contributed by atoms with Gasteiger partial charge in [0.15, 0.2) is 49.2 Å². The Kier molecular flexibility index (Phi) is 19.7. The molecule has 12 nitrogen and oxygen atoms in total. The van der Waals surface area contributed by atoms with Gasteiger partial charge >= 0.3 is 0 Å². The van der Waals surface area contributed by atoms with E-state index < -0.39 is 25.1 Å². The number of ether oxygens (including phenoxy) is 2. The van der Waals surface area contributed by atoms with Crippen LogP contribution in [0.5, 0.6) is 23.0 Å². The van der Waals surface area contributed by atoms with Crippen molar-refractivity contribution in [3.63, 3.8) is 0 Å². The van der Waals surface area contributed by atoms with E-state index in [2.05, 4.69) is 303 Å². The highest BCUT2D eigenvalue weighted by molar-refractivity contribution is 7.86. The lowest BCUT2D eigenvalue weighted by molar-refractivity contribution is 0.435. The van der Waals surface area contributed by atoms with Gasteiger partial charge in [-0.1, -0.05) is 413 Å². The average molecular weight is 1860 g/mol. The zero-order valence-electron chi connectivity index (χ0n) is 76.2. The molecule has 4 atom stereocenters. The summed E-state index contributed by atoms with van der Waals surface area (Å²) in [4.78, 5) is 31.3. The van der Waals surface area contributed by atoms with E-state index in [0.29, 0.717) is 69.1 Å². The van der Waals surface area contributed by atoms with Gasteiger partial charge in [0, 0.05) is 109 Å². The second-order valence-corrected chi connectivity index (χ2v) is 41.8. The number of furan rings is 2. The summed E-state index contributed by atoms with van der Waals surface area (Å²) in [6, 6.07) is 165. The van der Waals surface area contributed by atoms with Crippen LogP contribution in [0.2, 0.25) is 0 Å². The molecular weight excluding hydrogens is 1780 g/mol. The summed E-state index contributed by atoms with van der Waals surface area (Å²) in [6.45, 7) is 0. The van der Waals surface area contributed by atoms with E-state index in [1.807, 2.05) is 182 Å². The van der Waals surface area contributed by atoms with Crippen LogP contribution in [0, 0.1) is 0 Å². The van der Waals surface area contributed by atoms with Gasteiger partial charge in [-0.2, -0.15) is 0 Å². The molecule has 24 aromatic rings. The number of benzene rings is 20. The van der Waals surface area contributed by atoms with E-state index >= 15 is 9.13 Å². The minimum Gasteiger partial charge on any atom is -0.457 e. The maximum absolute atomic E-state index is 16.6. The van der Waals surface area contributed by atoms with Gasteiger partial charge in [0.05, 0.1) is 10.8 Å². The van der Waals surface area contributed by atoms with Crippen LogP contribution in [0.25, 0.3) is 157 Å².